The van der Waals surface area contributed by atoms with Gasteiger partial charge in [0.1, 0.15) is 0 Å². The molecule has 1 fully saturated rings. The minimum Gasteiger partial charge on any atom is -0.355 e. The van der Waals surface area contributed by atoms with E-state index < -0.39 is 0 Å². The smallest absolute Gasteiger partial charge is 0.230 e. The standard InChI is InChI=1S/C13H20N2OS2/c16-13(10-18-12-3-6-14-7-4-12)15-8-5-11-2-1-9-17-11/h1-2,9,12,14H,3-8,10H2,(H,15,16). The molecule has 0 atom stereocenters. The molecular formula is C13H20N2OS2. The maximum absolute atomic E-state index is 11.7. The molecular weight excluding hydrogens is 264 g/mol. The van der Waals surface area contributed by atoms with Crippen LogP contribution in [0.4, 0.5) is 0 Å². The fraction of sp³-hybridized carbons (Fsp3) is 0.615. The summed E-state index contributed by atoms with van der Waals surface area (Å²) in [7, 11) is 0. The van der Waals surface area contributed by atoms with Gasteiger partial charge in [0, 0.05) is 16.7 Å². The molecule has 0 saturated carbocycles. The van der Waals surface area contributed by atoms with E-state index in [1.54, 1.807) is 23.1 Å². The number of hydrogen-bond donors (Lipinski definition) is 2. The molecule has 5 heteroatoms. The van der Waals surface area contributed by atoms with Crippen LogP contribution in [0.3, 0.4) is 0 Å². The van der Waals surface area contributed by atoms with Gasteiger partial charge >= 0.3 is 0 Å². The molecule has 2 heterocycles. The third-order valence-electron chi connectivity index (χ3n) is 3.01. The highest BCUT2D eigenvalue weighted by Gasteiger charge is 2.14. The predicted octanol–water partition coefficient (Wildman–Crippen LogP) is 1.89. The van der Waals surface area contributed by atoms with Crippen molar-refractivity contribution < 1.29 is 4.79 Å². The van der Waals surface area contributed by atoms with Crippen LogP contribution in [0.25, 0.3) is 0 Å². The molecule has 1 aromatic heterocycles. The zero-order valence-electron chi connectivity index (χ0n) is 10.5. The molecule has 2 rings (SSSR count). The Morgan fingerprint density at radius 2 is 2.33 bits per heavy atom. The van der Waals surface area contributed by atoms with Crippen molar-refractivity contribution in [1.82, 2.24) is 10.6 Å². The predicted molar refractivity (Wildman–Crippen MR) is 79.4 cm³/mol. The summed E-state index contributed by atoms with van der Waals surface area (Å²) in [6.07, 6.45) is 3.32. The lowest BCUT2D eigenvalue weighted by Crippen LogP contribution is -2.32. The van der Waals surface area contributed by atoms with Crippen LogP contribution >= 0.6 is 23.1 Å². The summed E-state index contributed by atoms with van der Waals surface area (Å²) in [4.78, 5) is 13.0. The SMILES string of the molecule is O=C(CSC1CCNCC1)NCCc1cccs1. The summed E-state index contributed by atoms with van der Waals surface area (Å²) in [5.74, 6) is 0.782. The van der Waals surface area contributed by atoms with Gasteiger partial charge < -0.3 is 10.6 Å². The highest BCUT2D eigenvalue weighted by molar-refractivity contribution is 8.00. The van der Waals surface area contributed by atoms with E-state index in [4.69, 9.17) is 0 Å². The zero-order valence-corrected chi connectivity index (χ0v) is 12.1. The number of carbonyl (C=O) groups excluding carboxylic acids is 1. The topological polar surface area (TPSA) is 41.1 Å². The van der Waals surface area contributed by atoms with Gasteiger partial charge in [-0.25, -0.2) is 0 Å². The Morgan fingerprint density at radius 1 is 1.50 bits per heavy atom. The van der Waals surface area contributed by atoms with Gasteiger partial charge in [-0.3, -0.25) is 4.79 Å². The molecule has 0 radical (unpaired) electrons. The van der Waals surface area contributed by atoms with Gasteiger partial charge in [-0.2, -0.15) is 0 Å². The first kappa shape index (κ1) is 13.9. The highest BCUT2D eigenvalue weighted by Crippen LogP contribution is 2.19. The molecule has 0 aromatic carbocycles. The molecule has 2 N–H and O–H groups in total. The molecule has 1 aliphatic rings. The van der Waals surface area contributed by atoms with Crippen LogP contribution in [-0.4, -0.2) is 36.5 Å². The molecule has 1 aliphatic heterocycles. The summed E-state index contributed by atoms with van der Waals surface area (Å²) in [6, 6.07) is 4.16. The molecule has 0 unspecified atom stereocenters. The molecule has 1 aromatic rings. The number of carbonyl (C=O) groups is 1. The summed E-state index contributed by atoms with van der Waals surface area (Å²) in [5.41, 5.74) is 0. The quantitative estimate of drug-likeness (QED) is 0.838. The van der Waals surface area contributed by atoms with Crippen molar-refractivity contribution in [3.8, 4) is 0 Å². The second-order valence-corrected chi connectivity index (χ2v) is 6.76. The lowest BCUT2D eigenvalue weighted by molar-refractivity contribution is -0.118. The Labute approximate surface area is 117 Å². The number of piperidine rings is 1. The average molecular weight is 284 g/mol. The van der Waals surface area contributed by atoms with Gasteiger partial charge in [-0.05, 0) is 43.8 Å². The van der Waals surface area contributed by atoms with Crippen molar-refractivity contribution in [2.24, 2.45) is 0 Å². The first-order valence-electron chi connectivity index (χ1n) is 6.46. The molecule has 18 heavy (non-hydrogen) atoms. The van der Waals surface area contributed by atoms with Crippen LogP contribution in [0, 0.1) is 0 Å². The Morgan fingerprint density at radius 3 is 3.06 bits per heavy atom. The van der Waals surface area contributed by atoms with Crippen molar-refractivity contribution in [2.45, 2.75) is 24.5 Å². The molecule has 100 valence electrons. The number of thioether (sulfide) groups is 1. The van der Waals surface area contributed by atoms with E-state index in [2.05, 4.69) is 28.1 Å². The summed E-state index contributed by atoms with van der Waals surface area (Å²) in [6.45, 7) is 2.95. The van der Waals surface area contributed by atoms with Gasteiger partial charge in [0.05, 0.1) is 5.75 Å². The van der Waals surface area contributed by atoms with Crippen molar-refractivity contribution in [3.63, 3.8) is 0 Å². The van der Waals surface area contributed by atoms with Crippen LogP contribution in [0.5, 0.6) is 0 Å². The maximum atomic E-state index is 11.7. The minimum absolute atomic E-state index is 0.176. The van der Waals surface area contributed by atoms with Crippen molar-refractivity contribution >= 4 is 29.0 Å². The van der Waals surface area contributed by atoms with E-state index in [9.17, 15) is 4.79 Å². The maximum Gasteiger partial charge on any atom is 0.230 e. The fourth-order valence-corrected chi connectivity index (χ4v) is 3.75. The number of amides is 1. The van der Waals surface area contributed by atoms with Gasteiger partial charge in [-0.15, -0.1) is 23.1 Å². The van der Waals surface area contributed by atoms with Crippen LogP contribution < -0.4 is 10.6 Å². The normalized spacial score (nSPS) is 16.7. The molecule has 0 spiro atoms. The summed E-state index contributed by atoms with van der Waals surface area (Å²) < 4.78 is 0. The lowest BCUT2D eigenvalue weighted by Gasteiger charge is -2.21. The summed E-state index contributed by atoms with van der Waals surface area (Å²) in [5, 5.41) is 9.07. The minimum atomic E-state index is 0.176. The number of hydrogen-bond acceptors (Lipinski definition) is 4. The van der Waals surface area contributed by atoms with Crippen LogP contribution in [0.15, 0.2) is 17.5 Å². The molecule has 0 bridgehead atoms. The first-order valence-corrected chi connectivity index (χ1v) is 8.39. The molecule has 1 saturated heterocycles. The fourth-order valence-electron chi connectivity index (χ4n) is 1.99. The highest BCUT2D eigenvalue weighted by atomic mass is 32.2. The van der Waals surface area contributed by atoms with Crippen LogP contribution in [0.1, 0.15) is 17.7 Å². The van der Waals surface area contributed by atoms with Gasteiger partial charge in [0.2, 0.25) is 5.91 Å². The summed E-state index contributed by atoms with van der Waals surface area (Å²) >= 11 is 3.55. The van der Waals surface area contributed by atoms with E-state index in [0.29, 0.717) is 11.0 Å². The van der Waals surface area contributed by atoms with Gasteiger partial charge in [-0.1, -0.05) is 6.07 Å². The second-order valence-electron chi connectivity index (χ2n) is 4.44. The van der Waals surface area contributed by atoms with Crippen LogP contribution in [-0.2, 0) is 11.2 Å². The monoisotopic (exact) mass is 284 g/mol. The average Bonchev–Trinajstić information content (AvgIpc) is 2.91. The zero-order chi connectivity index (χ0) is 12.6. The van der Waals surface area contributed by atoms with Crippen molar-refractivity contribution in [3.05, 3.63) is 22.4 Å². The first-order chi connectivity index (χ1) is 8.84. The molecule has 1 amide bonds. The Balaban J connectivity index is 1.54. The molecule has 3 nitrogen and oxygen atoms in total. The Kier molecular flexibility index (Phi) is 6.04. The number of rotatable bonds is 6. The number of thiophene rings is 1. The van der Waals surface area contributed by atoms with E-state index in [-0.39, 0.29) is 5.91 Å². The van der Waals surface area contributed by atoms with E-state index in [0.717, 1.165) is 26.1 Å². The van der Waals surface area contributed by atoms with E-state index >= 15 is 0 Å². The van der Waals surface area contributed by atoms with Crippen molar-refractivity contribution in [2.75, 3.05) is 25.4 Å². The van der Waals surface area contributed by atoms with Gasteiger partial charge in [0.15, 0.2) is 0 Å². The lowest BCUT2D eigenvalue weighted by atomic mass is 10.2. The Bertz CT molecular complexity index is 348. The van der Waals surface area contributed by atoms with Gasteiger partial charge in [0.25, 0.3) is 0 Å². The second kappa shape index (κ2) is 7.81. The van der Waals surface area contributed by atoms with Crippen LogP contribution in [0.2, 0.25) is 0 Å². The van der Waals surface area contributed by atoms with Crippen molar-refractivity contribution in [1.29, 1.82) is 0 Å². The Hall–Kier alpha value is -0.520. The number of nitrogens with one attached hydrogen (secondary N) is 2. The third kappa shape index (κ3) is 5.00. The largest absolute Gasteiger partial charge is 0.355 e. The third-order valence-corrected chi connectivity index (χ3v) is 5.32. The van der Waals surface area contributed by atoms with E-state index in [1.807, 2.05) is 0 Å². The molecule has 0 aliphatic carbocycles. The van der Waals surface area contributed by atoms with E-state index in [1.165, 1.54) is 17.7 Å².